The summed E-state index contributed by atoms with van der Waals surface area (Å²) in [6.45, 7) is 1.83. The van der Waals surface area contributed by atoms with Gasteiger partial charge in [-0.05, 0) is 41.1 Å². The van der Waals surface area contributed by atoms with Gasteiger partial charge in [-0.2, -0.15) is 0 Å². The van der Waals surface area contributed by atoms with Crippen LogP contribution in [0.4, 0.5) is 5.69 Å². The van der Waals surface area contributed by atoms with E-state index in [1.54, 1.807) is 12.1 Å². The first-order valence-corrected chi connectivity index (χ1v) is 5.77. The number of aromatic nitrogens is 2. The van der Waals surface area contributed by atoms with Gasteiger partial charge < -0.3 is 4.74 Å². The Hall–Kier alpha value is -2.02. The fourth-order valence-corrected chi connectivity index (χ4v) is 1.79. The molecule has 0 radical (unpaired) electrons. The van der Waals surface area contributed by atoms with E-state index in [0.717, 1.165) is 5.69 Å². The normalized spacial score (nSPS) is 10.1. The zero-order valence-corrected chi connectivity index (χ0v) is 10.9. The van der Waals surface area contributed by atoms with Crippen molar-refractivity contribution in [1.82, 2.24) is 9.97 Å². The van der Waals surface area contributed by atoms with Gasteiger partial charge in [0.15, 0.2) is 5.75 Å². The minimum atomic E-state index is -0.544. The van der Waals surface area contributed by atoms with Crippen LogP contribution in [0, 0.1) is 17.0 Å². The maximum Gasteiger partial charge on any atom is 0.331 e. The molecule has 0 aliphatic carbocycles. The molecule has 0 N–H and O–H groups in total. The summed E-state index contributed by atoms with van der Waals surface area (Å²) < 4.78 is 5.87. The molecule has 0 unspecified atom stereocenters. The number of aryl methyl sites for hydroxylation is 1. The molecule has 0 saturated carbocycles. The van der Waals surface area contributed by atoms with Crippen molar-refractivity contribution in [1.29, 1.82) is 0 Å². The average Bonchev–Trinajstić information content (AvgIpc) is 2.33. The van der Waals surface area contributed by atoms with Gasteiger partial charge in [0.05, 0.1) is 4.92 Å². The number of hydrogen-bond donors (Lipinski definition) is 0. The van der Waals surface area contributed by atoms with Crippen molar-refractivity contribution in [2.24, 2.45) is 0 Å². The van der Waals surface area contributed by atoms with Crippen molar-refractivity contribution in [3.05, 3.63) is 50.9 Å². The predicted octanol–water partition coefficient (Wildman–Crippen LogP) is 3.25. The van der Waals surface area contributed by atoms with Gasteiger partial charge in [-0.3, -0.25) is 10.1 Å². The Kier molecular flexibility index (Phi) is 3.52. The molecule has 7 heteroatoms. The molecule has 0 aliphatic heterocycles. The predicted molar refractivity (Wildman–Crippen MR) is 67.6 cm³/mol. The second-order valence-corrected chi connectivity index (χ2v) is 4.18. The summed E-state index contributed by atoms with van der Waals surface area (Å²) in [5, 5.41) is 10.8. The highest BCUT2D eigenvalue weighted by Crippen LogP contribution is 2.32. The van der Waals surface area contributed by atoms with Gasteiger partial charge >= 0.3 is 5.69 Å². The summed E-state index contributed by atoms with van der Waals surface area (Å²) in [7, 11) is 0. The first kappa shape index (κ1) is 12.4. The molecule has 0 amide bonds. The number of hydrogen-bond acceptors (Lipinski definition) is 5. The Morgan fingerprint density at radius 2 is 2.17 bits per heavy atom. The maximum absolute atomic E-state index is 10.8. The van der Waals surface area contributed by atoms with E-state index in [1.807, 2.05) is 6.92 Å². The zero-order valence-electron chi connectivity index (χ0n) is 9.33. The molecule has 0 atom stereocenters. The highest BCUT2D eigenvalue weighted by atomic mass is 79.9. The van der Waals surface area contributed by atoms with Gasteiger partial charge in [-0.15, -0.1) is 0 Å². The summed E-state index contributed by atoms with van der Waals surface area (Å²) in [6.07, 6.45) is 1.43. The van der Waals surface area contributed by atoms with Crippen LogP contribution in [-0.2, 0) is 0 Å². The summed E-state index contributed by atoms with van der Waals surface area (Å²) in [5.74, 6) is 0.316. The van der Waals surface area contributed by atoms with E-state index in [-0.39, 0.29) is 11.6 Å². The van der Waals surface area contributed by atoms with Crippen LogP contribution in [-0.4, -0.2) is 14.9 Å². The lowest BCUT2D eigenvalue weighted by molar-refractivity contribution is -0.386. The number of halogens is 1. The van der Waals surface area contributed by atoms with Crippen LogP contribution in [0.5, 0.6) is 11.6 Å². The lowest BCUT2D eigenvalue weighted by Gasteiger charge is -2.06. The highest BCUT2D eigenvalue weighted by molar-refractivity contribution is 9.10. The van der Waals surface area contributed by atoms with Crippen LogP contribution in [0.3, 0.4) is 0 Å². The van der Waals surface area contributed by atoms with Gasteiger partial charge in [0.2, 0.25) is 0 Å². The monoisotopic (exact) mass is 309 g/mol. The molecule has 0 spiro atoms. The van der Waals surface area contributed by atoms with Crippen LogP contribution < -0.4 is 4.74 Å². The van der Waals surface area contributed by atoms with E-state index < -0.39 is 4.92 Å². The van der Waals surface area contributed by atoms with E-state index >= 15 is 0 Å². The lowest BCUT2D eigenvalue weighted by Crippen LogP contribution is -1.96. The second-order valence-electron chi connectivity index (χ2n) is 3.43. The minimum Gasteiger partial charge on any atom is -0.431 e. The van der Waals surface area contributed by atoms with Crippen molar-refractivity contribution in [2.45, 2.75) is 6.92 Å². The summed E-state index contributed by atoms with van der Waals surface area (Å²) in [5.41, 5.74) is 0.620. The molecule has 0 fully saturated rings. The molecule has 2 aromatic heterocycles. The molecular formula is C11H8BrN3O3. The smallest absolute Gasteiger partial charge is 0.331 e. The van der Waals surface area contributed by atoms with Crippen LogP contribution in [0.25, 0.3) is 0 Å². The molecule has 0 saturated heterocycles. The van der Waals surface area contributed by atoms with Crippen molar-refractivity contribution >= 4 is 21.6 Å². The lowest BCUT2D eigenvalue weighted by atomic mass is 10.3. The summed E-state index contributed by atoms with van der Waals surface area (Å²) >= 11 is 3.23. The number of ether oxygens (including phenoxy) is 1. The Balaban J connectivity index is 2.37. The molecule has 18 heavy (non-hydrogen) atoms. The number of nitro groups is 1. The van der Waals surface area contributed by atoms with Crippen molar-refractivity contribution in [2.75, 3.05) is 0 Å². The van der Waals surface area contributed by atoms with E-state index in [9.17, 15) is 10.1 Å². The molecule has 2 aromatic rings. The first-order valence-electron chi connectivity index (χ1n) is 4.98. The van der Waals surface area contributed by atoms with Crippen LogP contribution >= 0.6 is 15.9 Å². The van der Waals surface area contributed by atoms with E-state index in [4.69, 9.17) is 4.74 Å². The van der Waals surface area contributed by atoms with Gasteiger partial charge in [0, 0.05) is 18.0 Å². The molecule has 92 valence electrons. The average molecular weight is 310 g/mol. The van der Waals surface area contributed by atoms with Crippen LogP contribution in [0.15, 0.2) is 35.1 Å². The Labute approximate surface area is 111 Å². The minimum absolute atomic E-state index is 0.0612. The topological polar surface area (TPSA) is 78.2 Å². The highest BCUT2D eigenvalue weighted by Gasteiger charge is 2.17. The second kappa shape index (κ2) is 5.09. The number of nitrogens with zero attached hydrogens (tertiary/aromatic N) is 3. The maximum atomic E-state index is 10.8. The van der Waals surface area contributed by atoms with Crippen molar-refractivity contribution < 1.29 is 9.66 Å². The van der Waals surface area contributed by atoms with Gasteiger partial charge in [-0.1, -0.05) is 0 Å². The fraction of sp³-hybridized carbons (Fsp3) is 0.0909. The quantitative estimate of drug-likeness (QED) is 0.494. The van der Waals surface area contributed by atoms with Crippen LogP contribution in [0.2, 0.25) is 0 Å². The third-order valence-electron chi connectivity index (χ3n) is 2.11. The van der Waals surface area contributed by atoms with E-state index in [1.165, 1.54) is 18.3 Å². The third-order valence-corrected chi connectivity index (χ3v) is 2.68. The fourth-order valence-electron chi connectivity index (χ4n) is 1.29. The standard InChI is InChI=1S/C11H8BrN3O3/c1-7-4-5-9(10(12)14-7)18-11-8(15(16)17)3-2-6-13-11/h2-6H,1H3. The van der Waals surface area contributed by atoms with Gasteiger partial charge in [0.1, 0.15) is 4.60 Å². The Bertz CT molecular complexity index is 604. The molecule has 0 aromatic carbocycles. The molecular weight excluding hydrogens is 302 g/mol. The largest absolute Gasteiger partial charge is 0.431 e. The Morgan fingerprint density at radius 1 is 1.39 bits per heavy atom. The molecule has 0 bridgehead atoms. The van der Waals surface area contributed by atoms with Crippen molar-refractivity contribution in [3.8, 4) is 11.6 Å². The number of rotatable bonds is 3. The third kappa shape index (κ3) is 2.62. The van der Waals surface area contributed by atoms with Gasteiger partial charge in [0.25, 0.3) is 5.88 Å². The van der Waals surface area contributed by atoms with Crippen LogP contribution in [0.1, 0.15) is 5.69 Å². The zero-order chi connectivity index (χ0) is 13.1. The van der Waals surface area contributed by atoms with Crippen molar-refractivity contribution in [3.63, 3.8) is 0 Å². The van der Waals surface area contributed by atoms with E-state index in [0.29, 0.717) is 10.4 Å². The summed E-state index contributed by atoms with van der Waals surface area (Å²) in [6, 6.07) is 6.23. The first-order chi connectivity index (χ1) is 8.58. The molecule has 2 heterocycles. The van der Waals surface area contributed by atoms with Gasteiger partial charge in [-0.25, -0.2) is 9.97 Å². The Morgan fingerprint density at radius 3 is 2.83 bits per heavy atom. The summed E-state index contributed by atoms with van der Waals surface area (Å²) in [4.78, 5) is 18.2. The SMILES string of the molecule is Cc1ccc(Oc2ncccc2[N+](=O)[O-])c(Br)n1. The molecule has 6 nitrogen and oxygen atoms in total. The molecule has 0 aliphatic rings. The number of pyridine rings is 2. The van der Waals surface area contributed by atoms with E-state index in [2.05, 4.69) is 25.9 Å². The molecule has 2 rings (SSSR count).